The Bertz CT molecular complexity index is 722. The van der Waals surface area contributed by atoms with Gasteiger partial charge in [-0.25, -0.2) is 4.79 Å². The van der Waals surface area contributed by atoms with Gasteiger partial charge in [0, 0.05) is 38.4 Å². The van der Waals surface area contributed by atoms with Gasteiger partial charge in [-0.1, -0.05) is 29.8 Å². The Hall–Kier alpha value is -2.53. The summed E-state index contributed by atoms with van der Waals surface area (Å²) in [6, 6.07) is 16.1. The number of urea groups is 1. The largest absolute Gasteiger partial charge is 0.497 e. The first-order valence-electron chi connectivity index (χ1n) is 9.12. The highest BCUT2D eigenvalue weighted by molar-refractivity contribution is 5.89. The summed E-state index contributed by atoms with van der Waals surface area (Å²) in [5, 5.41) is 2.98. The van der Waals surface area contributed by atoms with Crippen molar-refractivity contribution in [2.24, 2.45) is 0 Å². The third kappa shape index (κ3) is 4.99. The number of rotatable bonds is 5. The molecule has 0 unspecified atom stereocenters. The number of hydrogen-bond donors (Lipinski definition) is 1. The van der Waals surface area contributed by atoms with Gasteiger partial charge in [0.2, 0.25) is 0 Å². The van der Waals surface area contributed by atoms with E-state index in [9.17, 15) is 4.79 Å². The minimum Gasteiger partial charge on any atom is -0.497 e. The van der Waals surface area contributed by atoms with E-state index < -0.39 is 0 Å². The number of methoxy groups -OCH3 is 1. The molecule has 1 saturated heterocycles. The van der Waals surface area contributed by atoms with Crippen LogP contribution in [0.3, 0.4) is 0 Å². The second-order valence-electron chi connectivity index (χ2n) is 6.73. The van der Waals surface area contributed by atoms with Gasteiger partial charge >= 0.3 is 6.03 Å². The SMILES string of the molecule is COc1cccc(CCN2CCN(C(=O)Nc3ccc(C)cc3)CC2)c1. The molecule has 0 radical (unpaired) electrons. The zero-order chi connectivity index (χ0) is 18.4. The smallest absolute Gasteiger partial charge is 0.321 e. The maximum Gasteiger partial charge on any atom is 0.321 e. The highest BCUT2D eigenvalue weighted by Crippen LogP contribution is 2.14. The van der Waals surface area contributed by atoms with Crippen LogP contribution in [0.25, 0.3) is 0 Å². The number of benzene rings is 2. The van der Waals surface area contributed by atoms with Crippen molar-refractivity contribution in [3.63, 3.8) is 0 Å². The van der Waals surface area contributed by atoms with E-state index in [1.807, 2.05) is 48.2 Å². The number of aryl methyl sites for hydroxylation is 1. The van der Waals surface area contributed by atoms with Gasteiger partial charge in [0.15, 0.2) is 0 Å². The molecule has 2 aromatic carbocycles. The van der Waals surface area contributed by atoms with E-state index in [-0.39, 0.29) is 6.03 Å². The Balaban J connectivity index is 1.43. The summed E-state index contributed by atoms with van der Waals surface area (Å²) >= 11 is 0. The van der Waals surface area contributed by atoms with Crippen LogP contribution in [0, 0.1) is 6.92 Å². The predicted molar refractivity (Wildman–Crippen MR) is 105 cm³/mol. The van der Waals surface area contributed by atoms with Crippen molar-refractivity contribution in [3.8, 4) is 5.75 Å². The van der Waals surface area contributed by atoms with Gasteiger partial charge in [0.25, 0.3) is 0 Å². The molecule has 0 spiro atoms. The van der Waals surface area contributed by atoms with Crippen molar-refractivity contribution in [1.29, 1.82) is 0 Å². The highest BCUT2D eigenvalue weighted by Gasteiger charge is 2.20. The fraction of sp³-hybridized carbons (Fsp3) is 0.381. The van der Waals surface area contributed by atoms with E-state index >= 15 is 0 Å². The van der Waals surface area contributed by atoms with Gasteiger partial charge < -0.3 is 15.0 Å². The molecule has 1 fully saturated rings. The zero-order valence-electron chi connectivity index (χ0n) is 15.6. The lowest BCUT2D eigenvalue weighted by atomic mass is 10.1. The average Bonchev–Trinajstić information content (AvgIpc) is 2.68. The number of hydrogen-bond acceptors (Lipinski definition) is 3. The topological polar surface area (TPSA) is 44.8 Å². The van der Waals surface area contributed by atoms with E-state index in [4.69, 9.17) is 4.74 Å². The van der Waals surface area contributed by atoms with Crippen LogP contribution in [-0.4, -0.2) is 55.7 Å². The highest BCUT2D eigenvalue weighted by atomic mass is 16.5. The summed E-state index contributed by atoms with van der Waals surface area (Å²) in [5.41, 5.74) is 3.32. The molecule has 5 nitrogen and oxygen atoms in total. The molecule has 138 valence electrons. The molecule has 0 aliphatic carbocycles. The van der Waals surface area contributed by atoms with E-state index in [0.29, 0.717) is 0 Å². The van der Waals surface area contributed by atoms with Gasteiger partial charge in [-0.3, -0.25) is 4.90 Å². The van der Waals surface area contributed by atoms with Crippen molar-refractivity contribution in [2.75, 3.05) is 45.2 Å². The van der Waals surface area contributed by atoms with Gasteiger partial charge in [-0.15, -0.1) is 0 Å². The number of ether oxygens (including phenoxy) is 1. The van der Waals surface area contributed by atoms with E-state index in [1.54, 1.807) is 7.11 Å². The van der Waals surface area contributed by atoms with Crippen LogP contribution in [0.5, 0.6) is 5.75 Å². The molecule has 1 aliphatic heterocycles. The Morgan fingerprint density at radius 2 is 1.81 bits per heavy atom. The first-order valence-corrected chi connectivity index (χ1v) is 9.12. The van der Waals surface area contributed by atoms with Gasteiger partial charge in [0.1, 0.15) is 5.75 Å². The van der Waals surface area contributed by atoms with Crippen molar-refractivity contribution in [1.82, 2.24) is 9.80 Å². The molecular formula is C21H27N3O2. The molecule has 26 heavy (non-hydrogen) atoms. The molecule has 3 rings (SSSR count). The fourth-order valence-electron chi connectivity index (χ4n) is 3.13. The van der Waals surface area contributed by atoms with Crippen molar-refractivity contribution in [2.45, 2.75) is 13.3 Å². The summed E-state index contributed by atoms with van der Waals surface area (Å²) in [6.07, 6.45) is 0.993. The second-order valence-corrected chi connectivity index (χ2v) is 6.73. The predicted octanol–water partition coefficient (Wildman–Crippen LogP) is 3.40. The van der Waals surface area contributed by atoms with Crippen LogP contribution >= 0.6 is 0 Å². The maximum absolute atomic E-state index is 12.4. The monoisotopic (exact) mass is 353 g/mol. The first-order chi connectivity index (χ1) is 12.6. The van der Waals surface area contributed by atoms with Gasteiger partial charge in [-0.05, 0) is 43.2 Å². The number of nitrogens with zero attached hydrogens (tertiary/aromatic N) is 2. The second kappa shape index (κ2) is 8.72. The number of anilines is 1. The van der Waals surface area contributed by atoms with Crippen LogP contribution in [0.15, 0.2) is 48.5 Å². The van der Waals surface area contributed by atoms with E-state index in [1.165, 1.54) is 11.1 Å². The quantitative estimate of drug-likeness (QED) is 0.896. The van der Waals surface area contributed by atoms with E-state index in [0.717, 1.165) is 50.6 Å². The summed E-state index contributed by atoms with van der Waals surface area (Å²) in [5.74, 6) is 0.903. The van der Waals surface area contributed by atoms with Crippen LogP contribution in [0.4, 0.5) is 10.5 Å². The van der Waals surface area contributed by atoms with Crippen LogP contribution in [0.1, 0.15) is 11.1 Å². The fourth-order valence-corrected chi connectivity index (χ4v) is 3.13. The van der Waals surface area contributed by atoms with Crippen LogP contribution < -0.4 is 10.1 Å². The molecule has 2 amide bonds. The molecule has 0 bridgehead atoms. The lowest BCUT2D eigenvalue weighted by Crippen LogP contribution is -2.50. The molecule has 5 heteroatoms. The lowest BCUT2D eigenvalue weighted by Gasteiger charge is -2.34. The molecular weight excluding hydrogens is 326 g/mol. The average molecular weight is 353 g/mol. The van der Waals surface area contributed by atoms with Gasteiger partial charge in [0.05, 0.1) is 7.11 Å². The molecule has 0 atom stereocenters. The number of nitrogens with one attached hydrogen (secondary N) is 1. The summed E-state index contributed by atoms with van der Waals surface area (Å²) < 4.78 is 5.28. The van der Waals surface area contributed by atoms with Crippen LogP contribution in [-0.2, 0) is 6.42 Å². The standard InChI is InChI=1S/C21H27N3O2/c1-17-6-8-19(9-7-17)22-21(25)24-14-12-23(13-15-24)11-10-18-4-3-5-20(16-18)26-2/h3-9,16H,10-15H2,1-2H3,(H,22,25). The van der Waals surface area contributed by atoms with Crippen molar-refractivity contribution < 1.29 is 9.53 Å². The molecule has 0 saturated carbocycles. The molecule has 1 N–H and O–H groups in total. The zero-order valence-corrected chi connectivity index (χ0v) is 15.6. The normalized spacial score (nSPS) is 14.9. The maximum atomic E-state index is 12.4. The summed E-state index contributed by atoms with van der Waals surface area (Å²) in [4.78, 5) is 16.7. The lowest BCUT2D eigenvalue weighted by molar-refractivity contribution is 0.148. The molecule has 2 aromatic rings. The number of carbonyl (C=O) groups is 1. The third-order valence-electron chi connectivity index (χ3n) is 4.81. The Kier molecular flexibility index (Phi) is 6.12. The van der Waals surface area contributed by atoms with Crippen LogP contribution in [0.2, 0.25) is 0 Å². The number of amides is 2. The number of piperazine rings is 1. The van der Waals surface area contributed by atoms with E-state index in [2.05, 4.69) is 22.3 Å². The summed E-state index contributed by atoms with van der Waals surface area (Å²) in [6.45, 7) is 6.37. The third-order valence-corrected chi connectivity index (χ3v) is 4.81. The number of carbonyl (C=O) groups excluding carboxylic acids is 1. The minimum absolute atomic E-state index is 0.0127. The first kappa shape index (κ1) is 18.3. The van der Waals surface area contributed by atoms with Gasteiger partial charge in [-0.2, -0.15) is 0 Å². The molecule has 0 aromatic heterocycles. The molecule has 1 aliphatic rings. The molecule has 1 heterocycles. The Morgan fingerprint density at radius 1 is 1.08 bits per heavy atom. The van der Waals surface area contributed by atoms with Crippen molar-refractivity contribution in [3.05, 3.63) is 59.7 Å². The summed E-state index contributed by atoms with van der Waals surface area (Å²) in [7, 11) is 1.69. The Labute approximate surface area is 155 Å². The van der Waals surface area contributed by atoms with Crippen molar-refractivity contribution >= 4 is 11.7 Å². The minimum atomic E-state index is -0.0127. The Morgan fingerprint density at radius 3 is 2.50 bits per heavy atom.